The molecule has 1 aliphatic rings. The average molecular weight is 250 g/mol. The van der Waals surface area contributed by atoms with E-state index in [2.05, 4.69) is 5.10 Å². The fourth-order valence-corrected chi connectivity index (χ4v) is 2.46. The van der Waals surface area contributed by atoms with Gasteiger partial charge < -0.3 is 5.73 Å². The maximum atomic E-state index is 12.2. The Morgan fingerprint density at radius 3 is 3.00 bits per heavy atom. The van der Waals surface area contributed by atoms with Crippen LogP contribution in [0.2, 0.25) is 5.02 Å². The first-order valence-electron chi connectivity index (χ1n) is 5.52. The third-order valence-electron chi connectivity index (χ3n) is 3.16. The summed E-state index contributed by atoms with van der Waals surface area (Å²) < 4.78 is 1.51. The van der Waals surface area contributed by atoms with Crippen molar-refractivity contribution < 1.29 is 0 Å². The number of fused-ring (bicyclic) bond motifs is 1. The van der Waals surface area contributed by atoms with E-state index in [1.165, 1.54) is 4.68 Å². The molecule has 0 aliphatic heterocycles. The maximum absolute atomic E-state index is 12.2. The van der Waals surface area contributed by atoms with Crippen molar-refractivity contribution in [2.45, 2.75) is 18.9 Å². The molecule has 88 valence electrons. The number of benzene rings is 1. The zero-order valence-corrected chi connectivity index (χ0v) is 9.87. The van der Waals surface area contributed by atoms with Crippen LogP contribution >= 0.6 is 11.6 Å². The van der Waals surface area contributed by atoms with Crippen molar-refractivity contribution in [3.8, 4) is 5.69 Å². The number of aromatic nitrogens is 2. The summed E-state index contributed by atoms with van der Waals surface area (Å²) in [6, 6.07) is 7.12. The minimum atomic E-state index is -0.0573. The first-order chi connectivity index (χ1) is 8.16. The highest BCUT2D eigenvalue weighted by molar-refractivity contribution is 6.30. The summed E-state index contributed by atoms with van der Waals surface area (Å²) in [6.45, 7) is 0. The van der Waals surface area contributed by atoms with Crippen molar-refractivity contribution >= 4 is 11.6 Å². The Kier molecular flexibility index (Phi) is 2.34. The second kappa shape index (κ2) is 3.75. The summed E-state index contributed by atoms with van der Waals surface area (Å²) in [4.78, 5) is 12.2. The smallest absolute Gasteiger partial charge is 0.274 e. The molecule has 1 aliphatic carbocycles. The van der Waals surface area contributed by atoms with Crippen molar-refractivity contribution in [2.75, 3.05) is 0 Å². The van der Waals surface area contributed by atoms with Gasteiger partial charge in [-0.3, -0.25) is 9.89 Å². The van der Waals surface area contributed by atoms with E-state index in [4.69, 9.17) is 17.3 Å². The first kappa shape index (κ1) is 10.6. The third kappa shape index (κ3) is 1.61. The van der Waals surface area contributed by atoms with Gasteiger partial charge in [-0.2, -0.15) is 0 Å². The molecule has 0 amide bonds. The monoisotopic (exact) mass is 249 g/mol. The van der Waals surface area contributed by atoms with Crippen LogP contribution < -0.4 is 11.3 Å². The van der Waals surface area contributed by atoms with Crippen LogP contribution in [0, 0.1) is 0 Å². The normalized spacial score (nSPS) is 18.4. The van der Waals surface area contributed by atoms with Crippen LogP contribution in [0.4, 0.5) is 0 Å². The van der Waals surface area contributed by atoms with Crippen LogP contribution in [-0.2, 0) is 6.42 Å². The van der Waals surface area contributed by atoms with Gasteiger partial charge in [0.2, 0.25) is 0 Å². The molecule has 1 unspecified atom stereocenters. The minimum absolute atomic E-state index is 0.0183. The number of hydrogen-bond donors (Lipinski definition) is 2. The molecule has 0 saturated heterocycles. The van der Waals surface area contributed by atoms with Gasteiger partial charge in [0, 0.05) is 16.6 Å². The largest absolute Gasteiger partial charge is 0.323 e. The molecule has 4 nitrogen and oxygen atoms in total. The number of halogens is 1. The molecule has 0 spiro atoms. The van der Waals surface area contributed by atoms with E-state index in [1.54, 1.807) is 12.1 Å². The van der Waals surface area contributed by atoms with Gasteiger partial charge in [-0.15, -0.1) is 0 Å². The summed E-state index contributed by atoms with van der Waals surface area (Å²) in [6.07, 6.45) is 1.59. The highest BCUT2D eigenvalue weighted by Gasteiger charge is 2.25. The van der Waals surface area contributed by atoms with Crippen molar-refractivity contribution in [3.05, 3.63) is 50.9 Å². The van der Waals surface area contributed by atoms with Crippen molar-refractivity contribution in [3.63, 3.8) is 0 Å². The van der Waals surface area contributed by atoms with Gasteiger partial charge in [-0.05, 0) is 31.0 Å². The van der Waals surface area contributed by atoms with Crippen LogP contribution in [0.5, 0.6) is 0 Å². The molecule has 0 fully saturated rings. The molecule has 1 aromatic heterocycles. The number of rotatable bonds is 1. The summed E-state index contributed by atoms with van der Waals surface area (Å²) in [5, 5.41) is 3.68. The van der Waals surface area contributed by atoms with E-state index >= 15 is 0 Å². The predicted molar refractivity (Wildman–Crippen MR) is 66.6 cm³/mol. The Labute approximate surface area is 103 Å². The molecule has 1 aromatic carbocycles. The molecule has 3 N–H and O–H groups in total. The summed E-state index contributed by atoms with van der Waals surface area (Å²) in [5.74, 6) is 0. The number of nitrogens with one attached hydrogen (secondary N) is 1. The fraction of sp³-hybridized carbons (Fsp3) is 0.250. The van der Waals surface area contributed by atoms with Gasteiger partial charge >= 0.3 is 0 Å². The first-order valence-corrected chi connectivity index (χ1v) is 5.90. The fourth-order valence-electron chi connectivity index (χ4n) is 2.28. The van der Waals surface area contributed by atoms with E-state index in [0.29, 0.717) is 5.02 Å². The third-order valence-corrected chi connectivity index (χ3v) is 3.40. The Balaban J connectivity index is 2.17. The lowest BCUT2D eigenvalue weighted by atomic mass is 10.3. The molecule has 5 heteroatoms. The molecular weight excluding hydrogens is 238 g/mol. The van der Waals surface area contributed by atoms with E-state index in [1.807, 2.05) is 12.1 Å². The molecular formula is C12H12ClN3O. The van der Waals surface area contributed by atoms with Gasteiger partial charge in [-0.25, -0.2) is 4.68 Å². The van der Waals surface area contributed by atoms with Crippen molar-refractivity contribution in [1.82, 2.24) is 9.78 Å². The van der Waals surface area contributed by atoms with Gasteiger partial charge in [-0.1, -0.05) is 17.7 Å². The van der Waals surface area contributed by atoms with Crippen molar-refractivity contribution in [2.24, 2.45) is 5.73 Å². The number of nitrogens with two attached hydrogens (primary N) is 1. The molecule has 0 saturated carbocycles. The second-order valence-electron chi connectivity index (χ2n) is 4.27. The minimum Gasteiger partial charge on any atom is -0.323 e. The summed E-state index contributed by atoms with van der Waals surface area (Å²) in [5.41, 5.74) is 8.31. The van der Waals surface area contributed by atoms with Gasteiger partial charge in [0.1, 0.15) is 0 Å². The summed E-state index contributed by atoms with van der Waals surface area (Å²) in [7, 11) is 0. The Hall–Kier alpha value is -1.52. The average Bonchev–Trinajstić information content (AvgIpc) is 2.82. The molecule has 2 aromatic rings. The lowest BCUT2D eigenvalue weighted by Crippen LogP contribution is -2.17. The lowest BCUT2D eigenvalue weighted by molar-refractivity contribution is 0.664. The SMILES string of the molecule is NC1CCc2c1[nH]n(-c1cccc(Cl)c1)c2=O. The van der Waals surface area contributed by atoms with E-state index < -0.39 is 0 Å². The molecule has 0 bridgehead atoms. The Bertz CT molecular complexity index is 629. The summed E-state index contributed by atoms with van der Waals surface area (Å²) >= 11 is 5.92. The zero-order chi connectivity index (χ0) is 12.0. The highest BCUT2D eigenvalue weighted by atomic mass is 35.5. The van der Waals surface area contributed by atoms with Crippen LogP contribution in [0.1, 0.15) is 23.7 Å². The number of H-pyrrole nitrogens is 1. The van der Waals surface area contributed by atoms with Crippen LogP contribution in [0.25, 0.3) is 5.69 Å². The van der Waals surface area contributed by atoms with Crippen LogP contribution in [-0.4, -0.2) is 9.78 Å². The highest BCUT2D eigenvalue weighted by Crippen LogP contribution is 2.25. The lowest BCUT2D eigenvalue weighted by Gasteiger charge is -2.04. The standard InChI is InChI=1S/C12H12ClN3O/c13-7-2-1-3-8(6-7)16-12(17)9-4-5-10(14)11(9)15-16/h1-3,6,10,15H,4-5,14H2. The van der Waals surface area contributed by atoms with Crippen LogP contribution in [0.15, 0.2) is 29.1 Å². The van der Waals surface area contributed by atoms with Gasteiger partial charge in [0.15, 0.2) is 0 Å². The Morgan fingerprint density at radius 2 is 2.29 bits per heavy atom. The quantitative estimate of drug-likeness (QED) is 0.809. The Morgan fingerprint density at radius 1 is 1.47 bits per heavy atom. The molecule has 17 heavy (non-hydrogen) atoms. The second-order valence-corrected chi connectivity index (χ2v) is 4.71. The molecule has 0 radical (unpaired) electrons. The van der Waals surface area contributed by atoms with E-state index in [0.717, 1.165) is 29.8 Å². The predicted octanol–water partition coefficient (Wildman–Crippen LogP) is 1.76. The van der Waals surface area contributed by atoms with E-state index in [9.17, 15) is 4.79 Å². The van der Waals surface area contributed by atoms with Gasteiger partial charge in [0.25, 0.3) is 5.56 Å². The zero-order valence-electron chi connectivity index (χ0n) is 9.11. The number of nitrogens with zero attached hydrogens (tertiary/aromatic N) is 1. The number of hydrogen-bond acceptors (Lipinski definition) is 2. The molecule has 1 atom stereocenters. The maximum Gasteiger partial charge on any atom is 0.274 e. The molecule has 3 rings (SSSR count). The van der Waals surface area contributed by atoms with Crippen molar-refractivity contribution in [1.29, 1.82) is 0 Å². The van der Waals surface area contributed by atoms with E-state index in [-0.39, 0.29) is 11.6 Å². The topological polar surface area (TPSA) is 63.8 Å². The number of aromatic amines is 1. The van der Waals surface area contributed by atoms with Gasteiger partial charge in [0.05, 0.1) is 11.4 Å². The molecule has 1 heterocycles. The van der Waals surface area contributed by atoms with Crippen LogP contribution in [0.3, 0.4) is 0 Å².